The van der Waals surface area contributed by atoms with Gasteiger partial charge in [-0.15, -0.1) is 0 Å². The first kappa shape index (κ1) is 17.7. The maximum Gasteiger partial charge on any atom is 0.292 e. The Morgan fingerprint density at radius 2 is 2.21 bits per heavy atom. The highest BCUT2D eigenvalue weighted by molar-refractivity contribution is 5.95. The number of carbonyl (C=O) groups excluding carboxylic acids is 1. The molecule has 6 nitrogen and oxygen atoms in total. The van der Waals surface area contributed by atoms with Crippen LogP contribution in [0.4, 0.5) is 0 Å². The van der Waals surface area contributed by atoms with E-state index in [0.29, 0.717) is 24.5 Å². The molecule has 1 aromatic heterocycles. The van der Waals surface area contributed by atoms with Gasteiger partial charge in [0.15, 0.2) is 6.29 Å². The first-order valence-corrected chi connectivity index (χ1v) is 7.86. The molecule has 0 aromatic carbocycles. The second kappa shape index (κ2) is 7.26. The van der Waals surface area contributed by atoms with E-state index in [4.69, 9.17) is 4.74 Å². The number of aliphatic imine (C=N–C) groups is 1. The van der Waals surface area contributed by atoms with Gasteiger partial charge in [-0.3, -0.25) is 9.78 Å². The highest BCUT2D eigenvalue weighted by Crippen LogP contribution is 2.24. The van der Waals surface area contributed by atoms with Gasteiger partial charge in [0.2, 0.25) is 0 Å². The Bertz CT molecular complexity index is 706. The van der Waals surface area contributed by atoms with E-state index >= 15 is 0 Å². The molecule has 0 aliphatic carbocycles. The number of nitriles is 1. The molecular weight excluding hydrogens is 304 g/mol. The average Bonchev–Trinajstić information content (AvgIpc) is 2.56. The normalized spacial score (nSPS) is 17.8. The van der Waals surface area contributed by atoms with Crippen molar-refractivity contribution in [2.24, 2.45) is 4.99 Å². The maximum atomic E-state index is 11.3. The summed E-state index contributed by atoms with van der Waals surface area (Å²) >= 11 is 0. The van der Waals surface area contributed by atoms with Gasteiger partial charge < -0.3 is 9.64 Å². The van der Waals surface area contributed by atoms with E-state index in [1.54, 1.807) is 6.20 Å². The van der Waals surface area contributed by atoms with Crippen LogP contribution in [-0.4, -0.2) is 42.4 Å². The van der Waals surface area contributed by atoms with Gasteiger partial charge in [0.05, 0.1) is 12.3 Å². The number of aromatic nitrogens is 1. The lowest BCUT2D eigenvalue weighted by atomic mass is 9.91. The Balaban J connectivity index is 2.49. The van der Waals surface area contributed by atoms with Crippen LogP contribution in [0.1, 0.15) is 38.4 Å². The van der Waals surface area contributed by atoms with Gasteiger partial charge in [0.25, 0.3) is 6.02 Å². The molecule has 1 aliphatic heterocycles. The Morgan fingerprint density at radius 3 is 2.71 bits per heavy atom. The number of nitrogens with zero attached hydrogens (tertiary/aromatic N) is 4. The van der Waals surface area contributed by atoms with E-state index in [-0.39, 0.29) is 16.7 Å². The quantitative estimate of drug-likeness (QED) is 0.484. The van der Waals surface area contributed by atoms with Crippen molar-refractivity contribution in [1.29, 1.82) is 5.26 Å². The Morgan fingerprint density at radius 1 is 1.46 bits per heavy atom. The Hall–Kier alpha value is -2.68. The topological polar surface area (TPSA) is 78.6 Å². The van der Waals surface area contributed by atoms with E-state index in [1.165, 1.54) is 0 Å². The van der Waals surface area contributed by atoms with Crippen LogP contribution in [0.15, 0.2) is 28.9 Å². The van der Waals surface area contributed by atoms with E-state index in [0.717, 1.165) is 18.7 Å². The van der Waals surface area contributed by atoms with Gasteiger partial charge in [0, 0.05) is 36.5 Å². The van der Waals surface area contributed by atoms with Crippen molar-refractivity contribution in [3.63, 3.8) is 0 Å². The Kier molecular flexibility index (Phi) is 5.35. The minimum atomic E-state index is -0.0796. The minimum Gasteiger partial charge on any atom is -0.465 e. The molecule has 1 fully saturated rings. The van der Waals surface area contributed by atoms with Crippen molar-refractivity contribution < 1.29 is 9.53 Å². The summed E-state index contributed by atoms with van der Waals surface area (Å²) in [5, 5.41) is 9.25. The molecule has 0 N–H and O–H groups in total. The molecule has 0 unspecified atom stereocenters. The number of ether oxygens (including phenoxy) is 1. The molecular formula is C18H22N4O2. The highest BCUT2D eigenvalue weighted by atomic mass is 16.5. The van der Waals surface area contributed by atoms with Gasteiger partial charge in [-0.2, -0.15) is 10.3 Å². The zero-order valence-corrected chi connectivity index (χ0v) is 14.5. The van der Waals surface area contributed by atoms with E-state index in [2.05, 4.69) is 30.7 Å². The number of allylic oxidation sites excluding steroid dienone is 1. The summed E-state index contributed by atoms with van der Waals surface area (Å²) < 4.78 is 5.56. The van der Waals surface area contributed by atoms with Crippen LogP contribution in [-0.2, 0) is 14.9 Å². The first-order chi connectivity index (χ1) is 11.4. The summed E-state index contributed by atoms with van der Waals surface area (Å²) in [4.78, 5) is 22.0. The summed E-state index contributed by atoms with van der Waals surface area (Å²) in [7, 11) is 1.86. The maximum absolute atomic E-state index is 11.3. The third-order valence-electron chi connectivity index (χ3n) is 3.70. The molecule has 0 radical (unpaired) electrons. The molecule has 1 aliphatic rings. The van der Waals surface area contributed by atoms with Gasteiger partial charge in [-0.25, -0.2) is 0 Å². The number of pyridine rings is 1. The van der Waals surface area contributed by atoms with Crippen molar-refractivity contribution in [3.8, 4) is 6.07 Å². The summed E-state index contributed by atoms with van der Waals surface area (Å²) in [5.74, 6) is 0. The zero-order chi connectivity index (χ0) is 17.7. The van der Waals surface area contributed by atoms with Gasteiger partial charge in [0.1, 0.15) is 11.6 Å². The zero-order valence-electron chi connectivity index (χ0n) is 14.5. The van der Waals surface area contributed by atoms with Crippen LogP contribution >= 0.6 is 0 Å². The molecule has 24 heavy (non-hydrogen) atoms. The fourth-order valence-corrected chi connectivity index (χ4v) is 2.28. The lowest BCUT2D eigenvalue weighted by Crippen LogP contribution is -2.35. The SMILES string of the molecule is CN1CCCO/C1=N/C(=C(/C#N)C=O)c1ccc(C(C)(C)C)nc1. The van der Waals surface area contributed by atoms with Gasteiger partial charge >= 0.3 is 0 Å². The second-order valence-electron chi connectivity index (χ2n) is 6.69. The molecule has 0 amide bonds. The first-order valence-electron chi connectivity index (χ1n) is 7.86. The Labute approximate surface area is 142 Å². The molecule has 0 saturated carbocycles. The lowest BCUT2D eigenvalue weighted by molar-refractivity contribution is -0.104. The molecule has 1 saturated heterocycles. The standard InChI is InChI=1S/C18H22N4O2/c1-18(2,3)15-7-6-13(11-20-15)16(14(10-19)12-23)21-17-22(4)8-5-9-24-17/h6-7,11-12H,5,8-9H2,1-4H3/b16-14-,21-17+. The molecule has 1 aromatic rings. The number of hydrogen-bond acceptors (Lipinski definition) is 5. The molecule has 6 heteroatoms. The molecule has 0 atom stereocenters. The van der Waals surface area contributed by atoms with Gasteiger partial charge in [-0.05, 0) is 18.6 Å². The minimum absolute atomic E-state index is 0.0459. The fourth-order valence-electron chi connectivity index (χ4n) is 2.28. The summed E-state index contributed by atoms with van der Waals surface area (Å²) in [6.07, 6.45) is 3.07. The van der Waals surface area contributed by atoms with E-state index in [1.807, 2.05) is 30.1 Å². The average molecular weight is 326 g/mol. The number of hydrogen-bond donors (Lipinski definition) is 0. The monoisotopic (exact) mass is 326 g/mol. The van der Waals surface area contributed by atoms with E-state index in [9.17, 15) is 10.1 Å². The number of amidine groups is 1. The summed E-state index contributed by atoms with van der Waals surface area (Å²) in [5.41, 5.74) is 1.69. The molecule has 0 bridgehead atoms. The predicted octanol–water partition coefficient (Wildman–Crippen LogP) is 2.52. The molecule has 0 spiro atoms. The second-order valence-corrected chi connectivity index (χ2v) is 6.69. The van der Waals surface area contributed by atoms with Crippen LogP contribution < -0.4 is 0 Å². The van der Waals surface area contributed by atoms with Crippen molar-refractivity contribution in [2.75, 3.05) is 20.2 Å². The summed E-state index contributed by atoms with van der Waals surface area (Å²) in [6, 6.07) is 6.03. The molecule has 2 rings (SSSR count). The van der Waals surface area contributed by atoms with Crippen LogP contribution in [0.3, 0.4) is 0 Å². The summed E-state index contributed by atoms with van der Waals surface area (Å²) in [6.45, 7) is 7.60. The fraction of sp³-hybridized carbons (Fsp3) is 0.444. The number of aldehydes is 1. The number of carbonyl (C=O) groups is 1. The predicted molar refractivity (Wildman–Crippen MR) is 92.2 cm³/mol. The van der Waals surface area contributed by atoms with Crippen LogP contribution in [0.25, 0.3) is 5.70 Å². The molecule has 126 valence electrons. The van der Waals surface area contributed by atoms with Crippen molar-refractivity contribution in [3.05, 3.63) is 35.2 Å². The third-order valence-corrected chi connectivity index (χ3v) is 3.70. The van der Waals surface area contributed by atoms with Crippen LogP contribution in [0.5, 0.6) is 0 Å². The third kappa shape index (κ3) is 3.99. The van der Waals surface area contributed by atoms with Crippen LogP contribution in [0, 0.1) is 11.3 Å². The highest BCUT2D eigenvalue weighted by Gasteiger charge is 2.19. The van der Waals surface area contributed by atoms with Crippen molar-refractivity contribution in [1.82, 2.24) is 9.88 Å². The van der Waals surface area contributed by atoms with Crippen molar-refractivity contribution in [2.45, 2.75) is 32.6 Å². The molecule has 2 heterocycles. The van der Waals surface area contributed by atoms with Gasteiger partial charge in [-0.1, -0.05) is 20.8 Å². The van der Waals surface area contributed by atoms with Crippen LogP contribution in [0.2, 0.25) is 0 Å². The smallest absolute Gasteiger partial charge is 0.292 e. The van der Waals surface area contributed by atoms with Crippen molar-refractivity contribution >= 4 is 18.0 Å². The largest absolute Gasteiger partial charge is 0.465 e. The number of rotatable bonds is 3. The van der Waals surface area contributed by atoms with E-state index < -0.39 is 0 Å². The lowest BCUT2D eigenvalue weighted by Gasteiger charge is -2.26.